The number of amides is 1. The van der Waals surface area contributed by atoms with Crippen molar-refractivity contribution in [2.45, 2.75) is 12.5 Å². The highest BCUT2D eigenvalue weighted by molar-refractivity contribution is 9.10. The topological polar surface area (TPSA) is 32.7 Å². The van der Waals surface area contributed by atoms with E-state index in [1.807, 2.05) is 36.4 Å². The molecule has 0 aliphatic carbocycles. The number of benzene rings is 3. The first-order valence-corrected chi connectivity index (χ1v) is 9.39. The third-order valence-corrected chi connectivity index (χ3v) is 5.05. The van der Waals surface area contributed by atoms with Crippen molar-refractivity contribution >= 4 is 27.5 Å². The summed E-state index contributed by atoms with van der Waals surface area (Å²) < 4.78 is 15.3. The maximum Gasteiger partial charge on any atom is 0.274 e. The lowest BCUT2D eigenvalue weighted by molar-refractivity contribution is 0.0708. The molecule has 0 saturated heterocycles. The van der Waals surface area contributed by atoms with Crippen LogP contribution in [0, 0.1) is 5.82 Å². The number of hydrogen-bond acceptors (Lipinski definition) is 2. The predicted octanol–water partition coefficient (Wildman–Crippen LogP) is 5.58. The Labute approximate surface area is 165 Å². The molecule has 0 saturated carbocycles. The quantitative estimate of drug-likeness (QED) is 0.542. The summed E-state index contributed by atoms with van der Waals surface area (Å²) in [6.07, 6.45) is 0.463. The Morgan fingerprint density at radius 2 is 1.74 bits per heavy atom. The van der Waals surface area contributed by atoms with Crippen molar-refractivity contribution in [3.8, 4) is 0 Å². The smallest absolute Gasteiger partial charge is 0.267 e. The van der Waals surface area contributed by atoms with Crippen LogP contribution in [0.5, 0.6) is 0 Å². The molecule has 3 aromatic rings. The molecule has 1 heterocycles. The third kappa shape index (κ3) is 3.55. The van der Waals surface area contributed by atoms with E-state index in [9.17, 15) is 9.18 Å². The Hall–Kier alpha value is -2.79. The van der Waals surface area contributed by atoms with Gasteiger partial charge in [0.2, 0.25) is 0 Å². The first-order chi connectivity index (χ1) is 13.1. The van der Waals surface area contributed by atoms with Gasteiger partial charge >= 0.3 is 0 Å². The molecule has 0 bridgehead atoms. The third-order valence-electron chi connectivity index (χ3n) is 4.56. The Kier molecular flexibility index (Phi) is 4.86. The number of hydrazone groups is 1. The van der Waals surface area contributed by atoms with Gasteiger partial charge in [-0.1, -0.05) is 70.5 Å². The minimum Gasteiger partial charge on any atom is -0.267 e. The second-order valence-electron chi connectivity index (χ2n) is 6.31. The van der Waals surface area contributed by atoms with E-state index in [4.69, 9.17) is 0 Å². The largest absolute Gasteiger partial charge is 0.274 e. The number of rotatable bonds is 3. The van der Waals surface area contributed by atoms with Crippen LogP contribution in [0.25, 0.3) is 0 Å². The molecule has 1 aliphatic rings. The van der Waals surface area contributed by atoms with Gasteiger partial charge in [-0.3, -0.25) is 4.79 Å². The van der Waals surface area contributed by atoms with Gasteiger partial charge in [0.25, 0.3) is 5.91 Å². The zero-order valence-corrected chi connectivity index (χ0v) is 15.9. The molecular formula is C22H16BrFN2O. The van der Waals surface area contributed by atoms with Crippen molar-refractivity contribution in [1.82, 2.24) is 5.01 Å². The highest BCUT2D eigenvalue weighted by Gasteiger charge is 2.35. The van der Waals surface area contributed by atoms with Gasteiger partial charge in [-0.15, -0.1) is 0 Å². The molecule has 5 heteroatoms. The molecule has 0 spiro atoms. The number of nitrogens with zero attached hydrogens (tertiary/aromatic N) is 2. The fraction of sp³-hybridized carbons (Fsp3) is 0.0909. The summed E-state index contributed by atoms with van der Waals surface area (Å²) >= 11 is 3.39. The monoisotopic (exact) mass is 422 g/mol. The van der Waals surface area contributed by atoms with E-state index in [0.717, 1.165) is 15.7 Å². The second kappa shape index (κ2) is 7.45. The number of hydrogen-bond donors (Lipinski definition) is 0. The van der Waals surface area contributed by atoms with Crippen LogP contribution >= 0.6 is 15.9 Å². The van der Waals surface area contributed by atoms with Crippen molar-refractivity contribution in [2.24, 2.45) is 5.10 Å². The van der Waals surface area contributed by atoms with Crippen molar-refractivity contribution in [3.63, 3.8) is 0 Å². The van der Waals surface area contributed by atoms with Crippen LogP contribution < -0.4 is 0 Å². The molecule has 4 rings (SSSR count). The standard InChI is InChI=1S/C22H16BrFN2O/c23-17-10-6-9-16(13-17)22(27)26-21(18-11-4-5-12-19(18)24)14-20(25-26)15-7-2-1-3-8-15/h1-13,21H,14H2/t21-/m0/s1. The van der Waals surface area contributed by atoms with E-state index in [-0.39, 0.29) is 11.7 Å². The van der Waals surface area contributed by atoms with E-state index < -0.39 is 6.04 Å². The zero-order valence-electron chi connectivity index (χ0n) is 14.3. The van der Waals surface area contributed by atoms with Gasteiger partial charge in [0.15, 0.2) is 0 Å². The van der Waals surface area contributed by atoms with E-state index >= 15 is 0 Å². The molecule has 1 aliphatic heterocycles. The summed E-state index contributed by atoms with van der Waals surface area (Å²) in [6, 6.07) is 22.9. The second-order valence-corrected chi connectivity index (χ2v) is 7.23. The van der Waals surface area contributed by atoms with Crippen LogP contribution in [-0.4, -0.2) is 16.6 Å². The Bertz CT molecular complexity index is 1020. The van der Waals surface area contributed by atoms with Crippen molar-refractivity contribution in [1.29, 1.82) is 0 Å². The SMILES string of the molecule is O=C(c1cccc(Br)c1)N1N=C(c2ccccc2)C[C@H]1c1ccccc1F. The summed E-state index contributed by atoms with van der Waals surface area (Å²) in [5.41, 5.74) is 2.68. The predicted molar refractivity (Wildman–Crippen MR) is 107 cm³/mol. The maximum absolute atomic E-state index is 14.5. The molecule has 0 fully saturated rings. The molecule has 3 nitrogen and oxygen atoms in total. The molecule has 27 heavy (non-hydrogen) atoms. The van der Waals surface area contributed by atoms with Gasteiger partial charge in [-0.2, -0.15) is 5.10 Å². The van der Waals surface area contributed by atoms with Crippen molar-refractivity contribution in [2.75, 3.05) is 0 Å². The highest BCUT2D eigenvalue weighted by Crippen LogP contribution is 2.35. The Balaban J connectivity index is 1.76. The minimum atomic E-state index is -0.479. The van der Waals surface area contributed by atoms with E-state index in [1.54, 1.807) is 36.4 Å². The summed E-state index contributed by atoms with van der Waals surface area (Å²) in [5.74, 6) is -0.588. The normalized spacial score (nSPS) is 16.3. The summed E-state index contributed by atoms with van der Waals surface area (Å²) in [4.78, 5) is 13.1. The number of carbonyl (C=O) groups is 1. The van der Waals surface area contributed by atoms with Crippen LogP contribution in [0.2, 0.25) is 0 Å². The first kappa shape index (κ1) is 17.6. The van der Waals surface area contributed by atoms with Crippen LogP contribution in [-0.2, 0) is 0 Å². The first-order valence-electron chi connectivity index (χ1n) is 8.60. The van der Waals surface area contributed by atoms with Crippen LogP contribution in [0.4, 0.5) is 4.39 Å². The van der Waals surface area contributed by atoms with E-state index in [0.29, 0.717) is 17.5 Å². The van der Waals surface area contributed by atoms with Crippen LogP contribution in [0.15, 0.2) is 88.4 Å². The highest BCUT2D eigenvalue weighted by atomic mass is 79.9. The molecule has 0 aromatic heterocycles. The minimum absolute atomic E-state index is 0.254. The maximum atomic E-state index is 14.5. The molecule has 3 aromatic carbocycles. The summed E-state index contributed by atoms with van der Waals surface area (Å²) in [5, 5.41) is 5.99. The number of carbonyl (C=O) groups excluding carboxylic acids is 1. The Morgan fingerprint density at radius 3 is 2.48 bits per heavy atom. The van der Waals surface area contributed by atoms with Gasteiger partial charge in [-0.05, 0) is 29.8 Å². The average molecular weight is 423 g/mol. The molecular weight excluding hydrogens is 407 g/mol. The van der Waals surface area contributed by atoms with E-state index in [1.165, 1.54) is 11.1 Å². The van der Waals surface area contributed by atoms with Gasteiger partial charge < -0.3 is 0 Å². The lowest BCUT2D eigenvalue weighted by atomic mass is 9.97. The zero-order chi connectivity index (χ0) is 18.8. The Morgan fingerprint density at radius 1 is 1.00 bits per heavy atom. The van der Waals surface area contributed by atoms with Gasteiger partial charge in [-0.25, -0.2) is 9.40 Å². The summed E-state index contributed by atoms with van der Waals surface area (Å²) in [6.45, 7) is 0. The lowest BCUT2D eigenvalue weighted by Gasteiger charge is -2.22. The van der Waals surface area contributed by atoms with Crippen LogP contribution in [0.3, 0.4) is 0 Å². The van der Waals surface area contributed by atoms with Gasteiger partial charge in [0, 0.05) is 22.0 Å². The average Bonchev–Trinajstić information content (AvgIpc) is 3.13. The summed E-state index contributed by atoms with van der Waals surface area (Å²) in [7, 11) is 0. The molecule has 1 amide bonds. The molecule has 1 atom stereocenters. The van der Waals surface area contributed by atoms with Gasteiger partial charge in [0.05, 0.1) is 11.8 Å². The van der Waals surface area contributed by atoms with E-state index in [2.05, 4.69) is 21.0 Å². The fourth-order valence-corrected chi connectivity index (χ4v) is 3.64. The van der Waals surface area contributed by atoms with Crippen molar-refractivity contribution < 1.29 is 9.18 Å². The lowest BCUT2D eigenvalue weighted by Crippen LogP contribution is -2.27. The molecule has 0 unspecified atom stereocenters. The van der Waals surface area contributed by atoms with Crippen molar-refractivity contribution in [3.05, 3.63) is 106 Å². The van der Waals surface area contributed by atoms with Crippen LogP contribution in [0.1, 0.15) is 33.9 Å². The molecule has 0 N–H and O–H groups in total. The van der Waals surface area contributed by atoms with Gasteiger partial charge in [0.1, 0.15) is 5.82 Å². The molecule has 134 valence electrons. The number of halogens is 2. The fourth-order valence-electron chi connectivity index (χ4n) is 3.24. The molecule has 0 radical (unpaired) electrons.